The van der Waals surface area contributed by atoms with Gasteiger partial charge in [-0.25, -0.2) is 0 Å². The molecule has 22 heavy (non-hydrogen) atoms. The van der Waals surface area contributed by atoms with Crippen molar-refractivity contribution in [2.24, 2.45) is 11.8 Å². The SMILES string of the molecule is CC(C)(C)OC(=O)[C@H]1[C@H](CO)CC[C@H]1Sc1ccc(Br)cc1. The largest absolute Gasteiger partial charge is 0.460 e. The van der Waals surface area contributed by atoms with Crippen molar-refractivity contribution in [1.29, 1.82) is 0 Å². The number of hydrogen-bond donors (Lipinski definition) is 1. The first kappa shape index (κ1) is 17.8. The lowest BCUT2D eigenvalue weighted by molar-refractivity contribution is -0.161. The van der Waals surface area contributed by atoms with Gasteiger partial charge in [0, 0.05) is 21.2 Å². The highest BCUT2D eigenvalue weighted by molar-refractivity contribution is 9.10. The number of aliphatic hydroxyl groups is 1. The van der Waals surface area contributed by atoms with Crippen molar-refractivity contribution in [3.63, 3.8) is 0 Å². The summed E-state index contributed by atoms with van der Waals surface area (Å²) in [7, 11) is 0. The number of rotatable bonds is 4. The summed E-state index contributed by atoms with van der Waals surface area (Å²) in [5.74, 6) is -0.417. The van der Waals surface area contributed by atoms with Crippen molar-refractivity contribution >= 4 is 33.7 Å². The van der Waals surface area contributed by atoms with Crippen LogP contribution in [-0.2, 0) is 9.53 Å². The van der Waals surface area contributed by atoms with E-state index in [9.17, 15) is 9.90 Å². The molecule has 1 aliphatic carbocycles. The van der Waals surface area contributed by atoms with E-state index in [4.69, 9.17) is 4.74 Å². The molecule has 5 heteroatoms. The fourth-order valence-electron chi connectivity index (χ4n) is 2.78. The molecule has 1 aromatic carbocycles. The number of thioether (sulfide) groups is 1. The van der Waals surface area contributed by atoms with E-state index < -0.39 is 5.60 Å². The Morgan fingerprint density at radius 3 is 2.50 bits per heavy atom. The second-order valence-electron chi connectivity index (χ2n) is 6.69. The lowest BCUT2D eigenvalue weighted by Crippen LogP contribution is -2.35. The minimum absolute atomic E-state index is 0.00259. The Hall–Kier alpha value is -0.520. The van der Waals surface area contributed by atoms with Crippen LogP contribution in [0, 0.1) is 11.8 Å². The molecule has 0 saturated heterocycles. The summed E-state index contributed by atoms with van der Waals surface area (Å²) in [6, 6.07) is 8.10. The minimum atomic E-state index is -0.494. The molecular formula is C17H23BrO3S. The molecule has 0 spiro atoms. The van der Waals surface area contributed by atoms with Crippen molar-refractivity contribution < 1.29 is 14.6 Å². The number of aliphatic hydroxyl groups excluding tert-OH is 1. The summed E-state index contributed by atoms with van der Waals surface area (Å²) in [4.78, 5) is 13.7. The molecule has 0 aliphatic heterocycles. The summed E-state index contributed by atoms with van der Waals surface area (Å²) >= 11 is 5.14. The van der Waals surface area contributed by atoms with Gasteiger partial charge in [0.15, 0.2) is 0 Å². The standard InChI is InChI=1S/C17H23BrO3S/c1-17(2,3)21-16(20)15-11(10-19)4-9-14(15)22-13-7-5-12(18)6-8-13/h5-8,11,14-15,19H,4,9-10H2,1-3H3/t11-,14+,15-/m0/s1. The van der Waals surface area contributed by atoms with Gasteiger partial charge in [0.1, 0.15) is 5.60 Å². The second-order valence-corrected chi connectivity index (χ2v) is 8.92. The first-order chi connectivity index (χ1) is 10.3. The lowest BCUT2D eigenvalue weighted by atomic mass is 9.96. The zero-order valence-electron chi connectivity index (χ0n) is 13.2. The molecule has 2 rings (SSSR count). The van der Waals surface area contributed by atoms with E-state index in [-0.39, 0.29) is 29.7 Å². The molecule has 0 bridgehead atoms. The highest BCUT2D eigenvalue weighted by Crippen LogP contribution is 2.43. The van der Waals surface area contributed by atoms with Gasteiger partial charge in [-0.15, -0.1) is 11.8 Å². The molecule has 1 aromatic rings. The molecule has 1 fully saturated rings. The van der Waals surface area contributed by atoms with E-state index in [0.29, 0.717) is 0 Å². The molecule has 0 heterocycles. The smallest absolute Gasteiger partial charge is 0.310 e. The van der Waals surface area contributed by atoms with E-state index in [1.165, 1.54) is 0 Å². The molecule has 0 amide bonds. The van der Waals surface area contributed by atoms with Gasteiger partial charge in [-0.1, -0.05) is 15.9 Å². The van der Waals surface area contributed by atoms with E-state index in [1.54, 1.807) is 11.8 Å². The van der Waals surface area contributed by atoms with Crippen LogP contribution < -0.4 is 0 Å². The van der Waals surface area contributed by atoms with E-state index >= 15 is 0 Å². The number of ether oxygens (including phenoxy) is 1. The molecule has 3 atom stereocenters. The monoisotopic (exact) mass is 386 g/mol. The number of benzene rings is 1. The topological polar surface area (TPSA) is 46.5 Å². The molecule has 1 aliphatic rings. The number of halogens is 1. The van der Waals surface area contributed by atoms with Crippen LogP contribution in [0.15, 0.2) is 33.6 Å². The van der Waals surface area contributed by atoms with Crippen molar-refractivity contribution in [1.82, 2.24) is 0 Å². The van der Waals surface area contributed by atoms with Gasteiger partial charge in [-0.3, -0.25) is 4.79 Å². The molecule has 0 aromatic heterocycles. The van der Waals surface area contributed by atoms with Crippen LogP contribution >= 0.6 is 27.7 Å². The van der Waals surface area contributed by atoms with Gasteiger partial charge in [-0.2, -0.15) is 0 Å². The van der Waals surface area contributed by atoms with Crippen LogP contribution in [-0.4, -0.2) is 28.5 Å². The van der Waals surface area contributed by atoms with Crippen LogP contribution in [0.25, 0.3) is 0 Å². The summed E-state index contributed by atoms with van der Waals surface area (Å²) < 4.78 is 6.61. The average Bonchev–Trinajstić information content (AvgIpc) is 2.82. The Bertz CT molecular complexity index is 510. The van der Waals surface area contributed by atoms with E-state index in [1.807, 2.05) is 45.0 Å². The highest BCUT2D eigenvalue weighted by atomic mass is 79.9. The maximum atomic E-state index is 12.5. The molecule has 0 radical (unpaired) electrons. The quantitative estimate of drug-likeness (QED) is 0.784. The van der Waals surface area contributed by atoms with Crippen molar-refractivity contribution in [3.05, 3.63) is 28.7 Å². The third-order valence-corrected chi connectivity index (χ3v) is 5.65. The number of hydrogen-bond acceptors (Lipinski definition) is 4. The fourth-order valence-corrected chi connectivity index (χ4v) is 4.42. The molecular weight excluding hydrogens is 364 g/mol. The van der Waals surface area contributed by atoms with Gasteiger partial charge in [0.05, 0.1) is 5.92 Å². The Labute approximate surface area is 144 Å². The molecule has 3 nitrogen and oxygen atoms in total. The van der Waals surface area contributed by atoms with E-state index in [2.05, 4.69) is 15.9 Å². The molecule has 122 valence electrons. The van der Waals surface area contributed by atoms with Crippen molar-refractivity contribution in [2.75, 3.05) is 6.61 Å². The van der Waals surface area contributed by atoms with Gasteiger partial charge in [0.25, 0.3) is 0 Å². The van der Waals surface area contributed by atoms with Crippen LogP contribution in [0.1, 0.15) is 33.6 Å². The first-order valence-electron chi connectivity index (χ1n) is 7.56. The highest BCUT2D eigenvalue weighted by Gasteiger charge is 2.43. The molecule has 1 saturated carbocycles. The van der Waals surface area contributed by atoms with Crippen LogP contribution in [0.4, 0.5) is 0 Å². The van der Waals surface area contributed by atoms with Gasteiger partial charge < -0.3 is 9.84 Å². The Morgan fingerprint density at radius 2 is 1.95 bits per heavy atom. The average molecular weight is 387 g/mol. The maximum Gasteiger partial charge on any atom is 0.310 e. The Morgan fingerprint density at radius 1 is 1.32 bits per heavy atom. The summed E-state index contributed by atoms with van der Waals surface area (Å²) in [5.41, 5.74) is -0.494. The van der Waals surface area contributed by atoms with Crippen molar-refractivity contribution in [2.45, 2.75) is 49.4 Å². The third kappa shape index (κ3) is 4.74. The number of carbonyl (C=O) groups is 1. The summed E-state index contributed by atoms with van der Waals surface area (Å²) in [5, 5.41) is 9.74. The molecule has 0 unspecified atom stereocenters. The summed E-state index contributed by atoms with van der Waals surface area (Å²) in [6.07, 6.45) is 1.80. The Kier molecular flexibility index (Phi) is 5.97. The number of esters is 1. The summed E-state index contributed by atoms with van der Waals surface area (Å²) in [6.45, 7) is 5.68. The second kappa shape index (κ2) is 7.37. The number of carbonyl (C=O) groups excluding carboxylic acids is 1. The lowest BCUT2D eigenvalue weighted by Gasteiger charge is -2.27. The Balaban J connectivity index is 2.11. The molecule has 1 N–H and O–H groups in total. The predicted molar refractivity (Wildman–Crippen MR) is 92.9 cm³/mol. The normalized spacial score (nSPS) is 25.2. The van der Waals surface area contributed by atoms with Gasteiger partial charge in [0.2, 0.25) is 0 Å². The first-order valence-corrected chi connectivity index (χ1v) is 9.23. The maximum absolute atomic E-state index is 12.5. The fraction of sp³-hybridized carbons (Fsp3) is 0.588. The zero-order chi connectivity index (χ0) is 16.3. The van der Waals surface area contributed by atoms with Crippen LogP contribution in [0.5, 0.6) is 0 Å². The van der Waals surface area contributed by atoms with Gasteiger partial charge in [-0.05, 0) is 63.8 Å². The van der Waals surface area contributed by atoms with Gasteiger partial charge >= 0.3 is 5.97 Å². The van der Waals surface area contributed by atoms with Crippen LogP contribution in [0.2, 0.25) is 0 Å². The zero-order valence-corrected chi connectivity index (χ0v) is 15.6. The minimum Gasteiger partial charge on any atom is -0.460 e. The van der Waals surface area contributed by atoms with E-state index in [0.717, 1.165) is 22.2 Å². The third-order valence-electron chi connectivity index (χ3n) is 3.74. The van der Waals surface area contributed by atoms with Crippen molar-refractivity contribution in [3.8, 4) is 0 Å². The van der Waals surface area contributed by atoms with Crippen LogP contribution in [0.3, 0.4) is 0 Å². The predicted octanol–water partition coefficient (Wildman–Crippen LogP) is 4.27.